The van der Waals surface area contributed by atoms with E-state index in [4.69, 9.17) is 42.8 Å². The minimum atomic E-state index is -1.83. The molecular formula is C53H90O24. The Morgan fingerprint density at radius 2 is 1.14 bits per heavy atom. The predicted octanol–water partition coefficient (Wildman–Crippen LogP) is -2.10. The van der Waals surface area contributed by atoms with Crippen LogP contribution in [0.2, 0.25) is 0 Å². The van der Waals surface area contributed by atoms with Gasteiger partial charge in [0.05, 0.1) is 44.2 Å². The van der Waals surface area contributed by atoms with E-state index < -0.39 is 171 Å². The highest BCUT2D eigenvalue weighted by Gasteiger charge is 2.72. The fourth-order valence-corrected chi connectivity index (χ4v) is 15.9. The minimum absolute atomic E-state index is 0.000540. The lowest BCUT2D eigenvalue weighted by Gasteiger charge is -2.71. The SMILES string of the molecule is CC(C)(/C=C/C[C@](C)(O[C@@H]1O[C@H](CO[C@H]2OC[C@@H](O)[C@@H](O)[C@@H]2O)[C@@H](O)[C@H](O)[C@H]1O)[C@H]1CC[C@]2(C)[C@@H]1[C@H](O)C[C@@H]1[C@@]3(C)CC[C@H](O[C@@H]4O[C@H](CO)[C@@H](O)[C@H](O)[C@H]4O[C@@H]4O[C@H](CO)[C@@H](O)[C@H](O)[C@H]4O)C(C)(C)[C@H]3CC[C@]12C)OO. The number of hydrogen-bond acceptors (Lipinski definition) is 24. The lowest BCUT2D eigenvalue weighted by Crippen LogP contribution is -2.68. The van der Waals surface area contributed by atoms with Gasteiger partial charge in [0, 0.05) is 0 Å². The number of hydrogen-bond donors (Lipinski definition) is 15. The van der Waals surface area contributed by atoms with Gasteiger partial charge in [-0.2, -0.15) is 0 Å². The van der Waals surface area contributed by atoms with Gasteiger partial charge in [-0.3, -0.25) is 5.26 Å². The van der Waals surface area contributed by atoms with E-state index in [0.717, 1.165) is 12.8 Å². The summed E-state index contributed by atoms with van der Waals surface area (Å²) < 4.78 is 48.6. The molecule has 24 heteroatoms. The van der Waals surface area contributed by atoms with Gasteiger partial charge in [-0.25, -0.2) is 4.89 Å². The average Bonchev–Trinajstić information content (AvgIpc) is 3.97. The lowest BCUT2D eigenvalue weighted by molar-refractivity contribution is -0.378. The Labute approximate surface area is 449 Å². The zero-order valence-electron chi connectivity index (χ0n) is 45.5. The molecule has 4 saturated carbocycles. The van der Waals surface area contributed by atoms with Crippen LogP contribution in [0.1, 0.15) is 107 Å². The fraction of sp³-hybridized carbons (Fsp3) is 0.962. The van der Waals surface area contributed by atoms with Gasteiger partial charge < -0.3 is 109 Å². The van der Waals surface area contributed by atoms with E-state index >= 15 is 0 Å². The molecule has 4 heterocycles. The Bertz CT molecular complexity index is 2000. The van der Waals surface area contributed by atoms with Crippen molar-refractivity contribution < 1.29 is 120 Å². The zero-order valence-corrected chi connectivity index (χ0v) is 45.5. The molecule has 24 nitrogen and oxygen atoms in total. The number of ether oxygens (including phenoxy) is 8. The third-order valence-electron chi connectivity index (χ3n) is 20.6. The van der Waals surface area contributed by atoms with Crippen molar-refractivity contribution in [2.24, 2.45) is 45.3 Å². The molecule has 0 radical (unpaired) electrons. The summed E-state index contributed by atoms with van der Waals surface area (Å²) in [5, 5.41) is 161. The van der Waals surface area contributed by atoms with Crippen molar-refractivity contribution in [2.45, 2.75) is 247 Å². The second kappa shape index (κ2) is 23.1. The first kappa shape index (κ1) is 61.8. The first-order chi connectivity index (χ1) is 35.9. The maximum Gasteiger partial charge on any atom is 0.187 e. The van der Waals surface area contributed by atoms with Gasteiger partial charge in [0.25, 0.3) is 0 Å². The van der Waals surface area contributed by atoms with E-state index in [0.29, 0.717) is 32.1 Å². The summed E-state index contributed by atoms with van der Waals surface area (Å²) in [7, 11) is 0. The Kier molecular flexibility index (Phi) is 18.5. The summed E-state index contributed by atoms with van der Waals surface area (Å²) in [5.74, 6) is -0.727. The molecule has 0 amide bonds. The molecule has 8 fully saturated rings. The van der Waals surface area contributed by atoms with Gasteiger partial charge in [-0.1, -0.05) is 46.8 Å². The van der Waals surface area contributed by atoms with Crippen LogP contribution in [0.4, 0.5) is 0 Å². The van der Waals surface area contributed by atoms with Crippen LogP contribution in [-0.4, -0.2) is 243 Å². The molecule has 4 aliphatic carbocycles. The summed E-state index contributed by atoms with van der Waals surface area (Å²) in [6.07, 6.45) is -23.3. The number of rotatable bonds is 16. The van der Waals surface area contributed by atoms with Crippen molar-refractivity contribution in [3.8, 4) is 0 Å². The van der Waals surface area contributed by atoms with E-state index in [9.17, 15) is 76.7 Å². The Hall–Kier alpha value is -1.22. The smallest absolute Gasteiger partial charge is 0.187 e. The van der Waals surface area contributed by atoms with Crippen molar-refractivity contribution in [2.75, 3.05) is 26.4 Å². The highest BCUT2D eigenvalue weighted by molar-refractivity contribution is 5.21. The largest absolute Gasteiger partial charge is 0.394 e. The highest BCUT2D eigenvalue weighted by atomic mass is 17.1. The standard InChI is InChI=1S/C53H90O24/c1-48(2,77-68)13-9-14-53(8,76-46-42(67)38(63)36(61)28(73-46)22-70-44-40(65)33(58)25(57)21-69-44)23-10-16-52(7)32(23)24(56)18-30-50(5)15-12-31(49(3,4)29(50)11-17-51(30,52)6)74-47-43(39(64)35(60)27(20-55)72-47)75-45-41(66)37(62)34(59)26(19-54)71-45/h9,13,23-47,54-68H,10-12,14-22H2,1-8H3/b13-9+/t23-,24+,25+,26+,27+,28+,29+,30+,31-,32-,33+,34+,35+,36+,37-,38-,39-,40-,41+,42+,43+,44+,45-,46-,47-,50-,51+,52+,53-/m0/s1. The molecular weight excluding hydrogens is 1020 g/mol. The molecule has 4 aliphatic heterocycles. The van der Waals surface area contributed by atoms with Crippen molar-refractivity contribution >= 4 is 0 Å². The van der Waals surface area contributed by atoms with Crippen LogP contribution in [0.3, 0.4) is 0 Å². The summed E-state index contributed by atoms with van der Waals surface area (Å²) in [4.78, 5) is 4.70. The van der Waals surface area contributed by atoms with Crippen molar-refractivity contribution in [1.82, 2.24) is 0 Å². The monoisotopic (exact) mass is 1110 g/mol. The summed E-state index contributed by atoms with van der Waals surface area (Å²) in [6, 6.07) is 0. The molecule has 4 saturated heterocycles. The van der Waals surface area contributed by atoms with E-state index in [2.05, 4.69) is 34.6 Å². The van der Waals surface area contributed by atoms with Crippen molar-refractivity contribution in [1.29, 1.82) is 0 Å². The average molecular weight is 1110 g/mol. The van der Waals surface area contributed by atoms with Crippen LogP contribution >= 0.6 is 0 Å². The maximum atomic E-state index is 12.8. The van der Waals surface area contributed by atoms with E-state index in [1.165, 1.54) is 0 Å². The lowest BCUT2D eigenvalue weighted by atomic mass is 9.35. The maximum absolute atomic E-state index is 12.8. The zero-order chi connectivity index (χ0) is 56.7. The molecule has 446 valence electrons. The van der Waals surface area contributed by atoms with Crippen LogP contribution in [0.5, 0.6) is 0 Å². The second-order valence-electron chi connectivity index (χ2n) is 25.8. The molecule has 0 aromatic carbocycles. The third-order valence-corrected chi connectivity index (χ3v) is 20.6. The van der Waals surface area contributed by atoms with E-state index in [1.807, 2.05) is 6.92 Å². The van der Waals surface area contributed by atoms with Crippen LogP contribution < -0.4 is 0 Å². The molecule has 0 spiro atoms. The summed E-state index contributed by atoms with van der Waals surface area (Å²) in [6.45, 7) is 14.1. The highest BCUT2D eigenvalue weighted by Crippen LogP contribution is 2.76. The van der Waals surface area contributed by atoms with Gasteiger partial charge in [-0.15, -0.1) is 0 Å². The normalized spacial score (nSPS) is 52.1. The summed E-state index contributed by atoms with van der Waals surface area (Å²) >= 11 is 0. The molecule has 29 atom stereocenters. The molecule has 8 rings (SSSR count). The van der Waals surface area contributed by atoms with Crippen molar-refractivity contribution in [3.63, 3.8) is 0 Å². The topological polar surface area (TPSA) is 387 Å². The minimum Gasteiger partial charge on any atom is -0.394 e. The number of aliphatic hydroxyl groups is 14. The van der Waals surface area contributed by atoms with E-state index in [1.54, 1.807) is 26.0 Å². The van der Waals surface area contributed by atoms with Gasteiger partial charge in [0.15, 0.2) is 25.2 Å². The molecule has 8 aliphatic rings. The van der Waals surface area contributed by atoms with Gasteiger partial charge in [0.2, 0.25) is 0 Å². The van der Waals surface area contributed by atoms with E-state index in [-0.39, 0.29) is 47.5 Å². The Morgan fingerprint density at radius 1 is 0.571 bits per heavy atom. The van der Waals surface area contributed by atoms with Crippen LogP contribution in [0.15, 0.2) is 12.2 Å². The van der Waals surface area contributed by atoms with Crippen LogP contribution in [0.25, 0.3) is 0 Å². The van der Waals surface area contributed by atoms with Crippen LogP contribution in [-0.2, 0) is 42.8 Å². The quantitative estimate of drug-likeness (QED) is 0.0341. The summed E-state index contributed by atoms with van der Waals surface area (Å²) in [5.41, 5.74) is -4.10. The first-order valence-electron chi connectivity index (χ1n) is 27.5. The Morgan fingerprint density at radius 3 is 1.78 bits per heavy atom. The van der Waals surface area contributed by atoms with Crippen molar-refractivity contribution in [3.05, 3.63) is 12.2 Å². The predicted molar refractivity (Wildman–Crippen MR) is 263 cm³/mol. The number of aliphatic hydroxyl groups excluding tert-OH is 14. The van der Waals surface area contributed by atoms with Gasteiger partial charge in [-0.05, 0) is 117 Å². The Balaban J connectivity index is 1.02. The molecule has 15 N–H and O–H groups in total. The van der Waals surface area contributed by atoms with Gasteiger partial charge in [0.1, 0.15) is 97.2 Å². The molecule has 0 bridgehead atoms. The first-order valence-corrected chi connectivity index (χ1v) is 27.5. The fourth-order valence-electron chi connectivity index (χ4n) is 15.9. The second-order valence-corrected chi connectivity index (χ2v) is 25.8. The number of fused-ring (bicyclic) bond motifs is 5. The molecule has 77 heavy (non-hydrogen) atoms. The van der Waals surface area contributed by atoms with Gasteiger partial charge >= 0.3 is 0 Å². The third kappa shape index (κ3) is 11.0. The molecule has 0 aromatic heterocycles. The molecule has 0 unspecified atom stereocenters. The van der Waals surface area contributed by atoms with Crippen LogP contribution in [0, 0.1) is 45.3 Å². The molecule has 0 aromatic rings.